The summed E-state index contributed by atoms with van der Waals surface area (Å²) in [6, 6.07) is 0. The van der Waals surface area contributed by atoms with E-state index in [1.807, 2.05) is 0 Å². The summed E-state index contributed by atoms with van der Waals surface area (Å²) in [6.45, 7) is 10.2. The summed E-state index contributed by atoms with van der Waals surface area (Å²) < 4.78 is 0. The number of carbonyl (C=O) groups is 2. The summed E-state index contributed by atoms with van der Waals surface area (Å²) in [7, 11) is 0. The molecule has 0 aromatic carbocycles. The quantitative estimate of drug-likeness (QED) is 0.624. The van der Waals surface area contributed by atoms with Crippen molar-refractivity contribution in [3.05, 3.63) is 0 Å². The number of amides is 1. The molecule has 5 nitrogen and oxygen atoms in total. The predicted octanol–water partition coefficient (Wildman–Crippen LogP) is 0.945. The van der Waals surface area contributed by atoms with E-state index in [2.05, 4.69) is 24.1 Å². The number of carbonyl (C=O) groups excluding carboxylic acids is 1. The Labute approximate surface area is 103 Å². The van der Waals surface area contributed by atoms with Gasteiger partial charge in [-0.3, -0.25) is 9.59 Å². The van der Waals surface area contributed by atoms with Gasteiger partial charge in [0, 0.05) is 13.1 Å². The van der Waals surface area contributed by atoms with Crippen molar-refractivity contribution in [2.24, 2.45) is 5.41 Å². The van der Waals surface area contributed by atoms with E-state index in [-0.39, 0.29) is 0 Å². The zero-order valence-corrected chi connectivity index (χ0v) is 11.2. The molecular weight excluding hydrogens is 220 g/mol. The topological polar surface area (TPSA) is 69.6 Å². The second kappa shape index (κ2) is 7.27. The number of nitrogens with one attached hydrogen (secondary N) is 1. The second-order valence-corrected chi connectivity index (χ2v) is 4.62. The summed E-state index contributed by atoms with van der Waals surface area (Å²) >= 11 is 0. The van der Waals surface area contributed by atoms with Gasteiger partial charge in [0.15, 0.2) is 0 Å². The minimum Gasteiger partial charge on any atom is -0.480 e. The molecule has 0 atom stereocenters. The van der Waals surface area contributed by atoms with Crippen LogP contribution in [0.1, 0.15) is 34.1 Å². The molecule has 0 unspecified atom stereocenters. The normalized spacial score (nSPS) is 11.6. The van der Waals surface area contributed by atoms with E-state index in [1.54, 1.807) is 0 Å². The Morgan fingerprint density at radius 3 is 2.24 bits per heavy atom. The molecule has 0 fully saturated rings. The van der Waals surface area contributed by atoms with Gasteiger partial charge in [0.2, 0.25) is 5.91 Å². The Bertz CT molecular complexity index is 264. The van der Waals surface area contributed by atoms with Crippen molar-refractivity contribution in [2.45, 2.75) is 34.1 Å². The first kappa shape index (κ1) is 15.9. The second-order valence-electron chi connectivity index (χ2n) is 4.62. The van der Waals surface area contributed by atoms with Gasteiger partial charge in [-0.1, -0.05) is 13.8 Å². The lowest BCUT2D eigenvalue weighted by Crippen LogP contribution is -2.45. The fraction of sp³-hybridized carbons (Fsp3) is 0.833. The molecule has 0 aliphatic carbocycles. The minimum atomic E-state index is -1.36. The van der Waals surface area contributed by atoms with Gasteiger partial charge in [-0.15, -0.1) is 0 Å². The van der Waals surface area contributed by atoms with Crippen molar-refractivity contribution in [3.8, 4) is 0 Å². The van der Waals surface area contributed by atoms with E-state index in [4.69, 9.17) is 5.11 Å². The van der Waals surface area contributed by atoms with Crippen molar-refractivity contribution in [2.75, 3.05) is 26.2 Å². The summed E-state index contributed by atoms with van der Waals surface area (Å²) in [5, 5.41) is 11.5. The average molecular weight is 244 g/mol. The third kappa shape index (κ3) is 5.17. The lowest BCUT2D eigenvalue weighted by Gasteiger charge is -2.22. The molecule has 0 aliphatic rings. The number of carboxylic acids is 1. The van der Waals surface area contributed by atoms with Crippen molar-refractivity contribution in [1.82, 2.24) is 10.2 Å². The van der Waals surface area contributed by atoms with Gasteiger partial charge in [-0.2, -0.15) is 0 Å². The van der Waals surface area contributed by atoms with Crippen LogP contribution in [0.2, 0.25) is 0 Å². The SMILES string of the molecule is CCCN(CC)CCNC(=O)C(C)(C)C(=O)O. The number of rotatable bonds is 8. The Balaban J connectivity index is 4.04. The van der Waals surface area contributed by atoms with Crippen LogP contribution in [0.4, 0.5) is 0 Å². The number of likely N-dealkylation sites (N-methyl/N-ethyl adjacent to an activating group) is 1. The van der Waals surface area contributed by atoms with Gasteiger partial charge in [0.05, 0.1) is 0 Å². The van der Waals surface area contributed by atoms with Crippen molar-refractivity contribution >= 4 is 11.9 Å². The van der Waals surface area contributed by atoms with Crippen molar-refractivity contribution in [1.29, 1.82) is 0 Å². The van der Waals surface area contributed by atoms with Gasteiger partial charge in [0.1, 0.15) is 5.41 Å². The van der Waals surface area contributed by atoms with Crippen LogP contribution in [0.3, 0.4) is 0 Å². The van der Waals surface area contributed by atoms with Crippen molar-refractivity contribution < 1.29 is 14.7 Å². The Morgan fingerprint density at radius 1 is 1.24 bits per heavy atom. The van der Waals surface area contributed by atoms with E-state index in [9.17, 15) is 9.59 Å². The molecule has 0 saturated carbocycles. The lowest BCUT2D eigenvalue weighted by molar-refractivity contribution is -0.153. The first-order valence-electron chi connectivity index (χ1n) is 6.10. The third-order valence-corrected chi connectivity index (χ3v) is 2.80. The largest absolute Gasteiger partial charge is 0.480 e. The summed E-state index contributed by atoms with van der Waals surface area (Å²) in [6.07, 6.45) is 1.07. The lowest BCUT2D eigenvalue weighted by atomic mass is 9.93. The third-order valence-electron chi connectivity index (χ3n) is 2.80. The first-order valence-corrected chi connectivity index (χ1v) is 6.10. The van der Waals surface area contributed by atoms with Crippen LogP contribution in [0, 0.1) is 5.41 Å². The van der Waals surface area contributed by atoms with Gasteiger partial charge in [-0.05, 0) is 33.4 Å². The predicted molar refractivity (Wildman–Crippen MR) is 66.8 cm³/mol. The molecular formula is C12H24N2O3. The zero-order chi connectivity index (χ0) is 13.5. The van der Waals surface area contributed by atoms with Crippen LogP contribution in [-0.4, -0.2) is 48.1 Å². The molecule has 5 heteroatoms. The first-order chi connectivity index (χ1) is 7.86. The van der Waals surface area contributed by atoms with E-state index < -0.39 is 17.3 Å². The fourth-order valence-corrected chi connectivity index (χ4v) is 1.39. The van der Waals surface area contributed by atoms with Crippen LogP contribution in [0.15, 0.2) is 0 Å². The van der Waals surface area contributed by atoms with Crippen molar-refractivity contribution in [3.63, 3.8) is 0 Å². The standard InChI is InChI=1S/C12H24N2O3/c1-5-8-14(6-2)9-7-13-10(15)12(3,4)11(16)17/h5-9H2,1-4H3,(H,13,15)(H,16,17). The maximum absolute atomic E-state index is 11.6. The van der Waals surface area contributed by atoms with Crippen LogP contribution in [0.5, 0.6) is 0 Å². The minimum absolute atomic E-state index is 0.433. The average Bonchev–Trinajstić information content (AvgIpc) is 2.27. The highest BCUT2D eigenvalue weighted by molar-refractivity contribution is 6.00. The molecule has 1 amide bonds. The van der Waals surface area contributed by atoms with Crippen LogP contribution in [0.25, 0.3) is 0 Å². The number of nitrogens with zero attached hydrogens (tertiary/aromatic N) is 1. The number of hydrogen-bond acceptors (Lipinski definition) is 3. The maximum Gasteiger partial charge on any atom is 0.318 e. The van der Waals surface area contributed by atoms with E-state index in [1.165, 1.54) is 13.8 Å². The number of carboxylic acid groups (broad SMARTS) is 1. The van der Waals surface area contributed by atoms with Crippen LogP contribution < -0.4 is 5.32 Å². The monoisotopic (exact) mass is 244 g/mol. The van der Waals surface area contributed by atoms with Gasteiger partial charge in [0.25, 0.3) is 0 Å². The smallest absolute Gasteiger partial charge is 0.318 e. The summed E-state index contributed by atoms with van der Waals surface area (Å²) in [5.41, 5.74) is -1.36. The van der Waals surface area contributed by atoms with Gasteiger partial charge in [-0.25, -0.2) is 0 Å². The molecule has 0 bridgehead atoms. The molecule has 2 N–H and O–H groups in total. The molecule has 0 radical (unpaired) electrons. The molecule has 0 spiro atoms. The van der Waals surface area contributed by atoms with E-state index >= 15 is 0 Å². The molecule has 17 heavy (non-hydrogen) atoms. The summed E-state index contributed by atoms with van der Waals surface area (Å²) in [4.78, 5) is 24.7. The van der Waals surface area contributed by atoms with Gasteiger partial charge < -0.3 is 15.3 Å². The van der Waals surface area contributed by atoms with Gasteiger partial charge >= 0.3 is 5.97 Å². The molecule has 100 valence electrons. The molecule has 0 aromatic heterocycles. The highest BCUT2D eigenvalue weighted by Gasteiger charge is 2.35. The zero-order valence-electron chi connectivity index (χ0n) is 11.2. The molecule has 0 saturated heterocycles. The molecule has 0 aromatic rings. The molecule has 0 rings (SSSR count). The van der Waals surface area contributed by atoms with E-state index in [0.29, 0.717) is 6.54 Å². The van der Waals surface area contributed by atoms with Crippen LogP contribution in [-0.2, 0) is 9.59 Å². The Morgan fingerprint density at radius 2 is 1.82 bits per heavy atom. The highest BCUT2D eigenvalue weighted by atomic mass is 16.4. The molecule has 0 aliphatic heterocycles. The Hall–Kier alpha value is -1.10. The van der Waals surface area contributed by atoms with Crippen LogP contribution >= 0.6 is 0 Å². The fourth-order valence-electron chi connectivity index (χ4n) is 1.39. The highest BCUT2D eigenvalue weighted by Crippen LogP contribution is 2.14. The number of aliphatic carboxylic acids is 1. The van der Waals surface area contributed by atoms with E-state index in [0.717, 1.165) is 26.1 Å². The molecule has 0 heterocycles. The number of hydrogen-bond donors (Lipinski definition) is 2. The summed E-state index contributed by atoms with van der Waals surface area (Å²) in [5.74, 6) is -1.53. The maximum atomic E-state index is 11.6. The Kier molecular flexibility index (Phi) is 6.80.